The van der Waals surface area contributed by atoms with E-state index in [0.29, 0.717) is 6.61 Å². The minimum absolute atomic E-state index is 0.195. The third-order valence-corrected chi connectivity index (χ3v) is 1.57. The third kappa shape index (κ3) is 3.01. The molecule has 0 aliphatic heterocycles. The minimum atomic E-state index is -0.195. The highest BCUT2D eigenvalue weighted by Gasteiger charge is 1.93. The van der Waals surface area contributed by atoms with Gasteiger partial charge in [0.15, 0.2) is 0 Å². The Bertz CT molecular complexity index is 218. The molecule has 1 rings (SSSR count). The second-order valence-corrected chi connectivity index (χ2v) is 2.54. The van der Waals surface area contributed by atoms with E-state index < -0.39 is 0 Å². The first-order chi connectivity index (χ1) is 5.83. The lowest BCUT2D eigenvalue weighted by Gasteiger charge is -1.99. The van der Waals surface area contributed by atoms with E-state index in [1.54, 1.807) is 19.2 Å². The van der Waals surface area contributed by atoms with E-state index in [1.165, 1.54) is 12.1 Å². The summed E-state index contributed by atoms with van der Waals surface area (Å²) in [6.45, 7) is 0.706. The lowest BCUT2D eigenvalue weighted by molar-refractivity contribution is 0.202. The normalized spacial score (nSPS) is 10.2. The molecule has 0 aromatic heterocycles. The fourth-order valence-corrected chi connectivity index (χ4v) is 0.942. The molecule has 0 fully saturated rings. The van der Waals surface area contributed by atoms with E-state index in [4.69, 9.17) is 4.74 Å². The molecule has 1 radical (unpaired) electrons. The summed E-state index contributed by atoms with van der Waals surface area (Å²) in [5, 5.41) is 0. The largest absolute Gasteiger partial charge is 0.385 e. The van der Waals surface area contributed by atoms with Crippen LogP contribution in [0.25, 0.3) is 0 Å². The minimum Gasteiger partial charge on any atom is -0.385 e. The highest BCUT2D eigenvalue weighted by molar-refractivity contribution is 5.22. The summed E-state index contributed by atoms with van der Waals surface area (Å²) >= 11 is 0. The van der Waals surface area contributed by atoms with Crippen molar-refractivity contribution < 1.29 is 9.13 Å². The molecular weight excluding hydrogens is 155 g/mol. The van der Waals surface area contributed by atoms with Gasteiger partial charge in [-0.2, -0.15) is 0 Å². The monoisotopic (exact) mass is 167 g/mol. The molecule has 1 nitrogen and oxygen atoms in total. The number of halogens is 1. The van der Waals surface area contributed by atoms with E-state index in [2.05, 4.69) is 0 Å². The van der Waals surface area contributed by atoms with E-state index in [-0.39, 0.29) is 5.82 Å². The Balaban J connectivity index is 2.37. The molecule has 0 amide bonds. The molecule has 0 heterocycles. The van der Waals surface area contributed by atoms with Crippen LogP contribution >= 0.6 is 0 Å². The van der Waals surface area contributed by atoms with Crippen LogP contribution in [0.15, 0.2) is 24.3 Å². The van der Waals surface area contributed by atoms with Gasteiger partial charge in [0.1, 0.15) is 5.82 Å². The smallest absolute Gasteiger partial charge is 0.123 e. The molecule has 1 aromatic rings. The molecule has 0 bridgehead atoms. The van der Waals surface area contributed by atoms with Crippen molar-refractivity contribution in [3.8, 4) is 0 Å². The second-order valence-electron chi connectivity index (χ2n) is 2.54. The van der Waals surface area contributed by atoms with Crippen LogP contribution in [0.2, 0.25) is 0 Å². The number of benzene rings is 1. The molecule has 0 saturated heterocycles. The molecule has 0 aliphatic carbocycles. The Hall–Kier alpha value is -0.890. The lowest BCUT2D eigenvalue weighted by atomic mass is 10.1. The van der Waals surface area contributed by atoms with Gasteiger partial charge < -0.3 is 4.74 Å². The molecule has 0 spiro atoms. The van der Waals surface area contributed by atoms with Crippen molar-refractivity contribution in [2.45, 2.75) is 6.42 Å². The molecule has 12 heavy (non-hydrogen) atoms. The van der Waals surface area contributed by atoms with Crippen LogP contribution in [0.5, 0.6) is 0 Å². The van der Waals surface area contributed by atoms with Crippen molar-refractivity contribution in [1.82, 2.24) is 0 Å². The van der Waals surface area contributed by atoms with Crippen LogP contribution in [0.3, 0.4) is 0 Å². The molecule has 0 aliphatic rings. The van der Waals surface area contributed by atoms with Gasteiger partial charge in [-0.3, -0.25) is 0 Å². The van der Waals surface area contributed by atoms with Crippen LogP contribution in [0, 0.1) is 12.2 Å². The van der Waals surface area contributed by atoms with Crippen molar-refractivity contribution in [3.05, 3.63) is 42.1 Å². The van der Waals surface area contributed by atoms with Crippen LogP contribution in [0.1, 0.15) is 12.0 Å². The Labute approximate surface area is 72.2 Å². The number of methoxy groups -OCH3 is 1. The van der Waals surface area contributed by atoms with Crippen LogP contribution in [-0.4, -0.2) is 13.7 Å². The molecule has 0 unspecified atom stereocenters. The van der Waals surface area contributed by atoms with Gasteiger partial charge in [0.05, 0.1) is 0 Å². The maximum absolute atomic E-state index is 12.4. The Kier molecular flexibility index (Phi) is 3.74. The summed E-state index contributed by atoms with van der Waals surface area (Å²) in [4.78, 5) is 0. The van der Waals surface area contributed by atoms with Gasteiger partial charge in [0.25, 0.3) is 0 Å². The van der Waals surface area contributed by atoms with Crippen molar-refractivity contribution in [2.75, 3.05) is 13.7 Å². The van der Waals surface area contributed by atoms with Gasteiger partial charge in [0.2, 0.25) is 0 Å². The summed E-state index contributed by atoms with van der Waals surface area (Å²) in [6.07, 6.45) is 2.88. The molecule has 1 aromatic carbocycles. The number of ether oxygens (including phenoxy) is 1. The van der Waals surface area contributed by atoms with Gasteiger partial charge in [-0.15, -0.1) is 0 Å². The van der Waals surface area contributed by atoms with Gasteiger partial charge in [-0.05, 0) is 30.5 Å². The summed E-state index contributed by atoms with van der Waals surface area (Å²) in [5.74, 6) is -0.195. The lowest BCUT2D eigenvalue weighted by Crippen LogP contribution is -1.90. The number of hydrogen-bond donors (Lipinski definition) is 0. The first-order valence-corrected chi connectivity index (χ1v) is 3.90. The van der Waals surface area contributed by atoms with Crippen molar-refractivity contribution >= 4 is 0 Å². The predicted molar refractivity (Wildman–Crippen MR) is 46.3 cm³/mol. The van der Waals surface area contributed by atoms with E-state index >= 15 is 0 Å². The van der Waals surface area contributed by atoms with Crippen LogP contribution in [-0.2, 0) is 4.74 Å². The molecule has 65 valence electrons. The fraction of sp³-hybridized carbons (Fsp3) is 0.300. The third-order valence-electron chi connectivity index (χ3n) is 1.57. The maximum atomic E-state index is 12.4. The molecule has 0 saturated carbocycles. The van der Waals surface area contributed by atoms with Crippen molar-refractivity contribution in [1.29, 1.82) is 0 Å². The van der Waals surface area contributed by atoms with Crippen molar-refractivity contribution in [3.63, 3.8) is 0 Å². The highest BCUT2D eigenvalue weighted by Crippen LogP contribution is 2.06. The van der Waals surface area contributed by atoms with Gasteiger partial charge in [-0.25, -0.2) is 4.39 Å². The van der Waals surface area contributed by atoms with Crippen LogP contribution in [0.4, 0.5) is 4.39 Å². The van der Waals surface area contributed by atoms with E-state index in [1.807, 2.05) is 6.42 Å². The van der Waals surface area contributed by atoms with E-state index in [9.17, 15) is 4.39 Å². The molecule has 0 atom stereocenters. The summed E-state index contributed by atoms with van der Waals surface area (Å²) in [7, 11) is 1.67. The number of rotatable bonds is 4. The molecule has 0 N–H and O–H groups in total. The second kappa shape index (κ2) is 4.88. The standard InChI is InChI=1S/C10H12FO/c1-12-8-2-3-9-4-6-10(11)7-5-9/h3-7H,2,8H2,1H3. The SMILES string of the molecule is COCC[CH]c1ccc(F)cc1. The number of hydrogen-bond acceptors (Lipinski definition) is 1. The molecule has 2 heteroatoms. The first kappa shape index (κ1) is 9.20. The Morgan fingerprint density at radius 1 is 1.33 bits per heavy atom. The van der Waals surface area contributed by atoms with Gasteiger partial charge in [0, 0.05) is 13.7 Å². The van der Waals surface area contributed by atoms with Gasteiger partial charge >= 0.3 is 0 Å². The van der Waals surface area contributed by atoms with Gasteiger partial charge in [-0.1, -0.05) is 12.1 Å². The summed E-state index contributed by atoms with van der Waals surface area (Å²) in [5.41, 5.74) is 1.04. The zero-order valence-corrected chi connectivity index (χ0v) is 7.09. The zero-order valence-electron chi connectivity index (χ0n) is 7.09. The zero-order chi connectivity index (χ0) is 8.81. The summed E-state index contributed by atoms with van der Waals surface area (Å²) in [6, 6.07) is 6.42. The average Bonchev–Trinajstić information content (AvgIpc) is 2.09. The first-order valence-electron chi connectivity index (χ1n) is 3.90. The fourth-order valence-electron chi connectivity index (χ4n) is 0.942. The quantitative estimate of drug-likeness (QED) is 0.626. The Morgan fingerprint density at radius 2 is 2.00 bits per heavy atom. The van der Waals surface area contributed by atoms with Crippen molar-refractivity contribution in [2.24, 2.45) is 0 Å². The Morgan fingerprint density at radius 3 is 2.58 bits per heavy atom. The highest BCUT2D eigenvalue weighted by atomic mass is 19.1. The molecular formula is C10H12FO. The van der Waals surface area contributed by atoms with E-state index in [0.717, 1.165) is 12.0 Å². The maximum Gasteiger partial charge on any atom is 0.123 e. The van der Waals surface area contributed by atoms with Crippen LogP contribution < -0.4 is 0 Å². The predicted octanol–water partition coefficient (Wildman–Crippen LogP) is 2.41. The summed E-state index contributed by atoms with van der Waals surface area (Å²) < 4.78 is 17.3. The topological polar surface area (TPSA) is 9.23 Å². The average molecular weight is 167 g/mol.